The molecule has 3 amide bonds. The van der Waals surface area contributed by atoms with Gasteiger partial charge < -0.3 is 9.88 Å². The third kappa shape index (κ3) is 3.37. The maximum Gasteiger partial charge on any atom is 0.325 e. The highest BCUT2D eigenvalue weighted by Crippen LogP contribution is 2.42. The van der Waals surface area contributed by atoms with Crippen molar-refractivity contribution in [3.8, 4) is 11.4 Å². The van der Waals surface area contributed by atoms with Gasteiger partial charge in [-0.1, -0.05) is 18.2 Å². The van der Waals surface area contributed by atoms with Crippen molar-refractivity contribution >= 4 is 17.7 Å². The minimum absolute atomic E-state index is 0.122. The molecule has 182 valence electrons. The summed E-state index contributed by atoms with van der Waals surface area (Å²) >= 11 is 0. The lowest BCUT2D eigenvalue weighted by molar-refractivity contribution is -0.131. The summed E-state index contributed by atoms with van der Waals surface area (Å²) in [6.45, 7) is 6.87. The molecular weight excluding hydrogens is 446 g/mol. The van der Waals surface area contributed by atoms with Crippen LogP contribution in [0.1, 0.15) is 47.2 Å². The lowest BCUT2D eigenvalue weighted by Crippen LogP contribution is -2.46. The molecule has 9 nitrogen and oxygen atoms in total. The Bertz CT molecular complexity index is 1440. The summed E-state index contributed by atoms with van der Waals surface area (Å²) in [5.41, 5.74) is 2.51. The Morgan fingerprint density at radius 2 is 1.71 bits per heavy atom. The van der Waals surface area contributed by atoms with Crippen molar-refractivity contribution < 1.29 is 14.4 Å². The largest absolute Gasteiger partial charge is 0.325 e. The predicted octanol–water partition coefficient (Wildman–Crippen LogP) is 2.80. The second-order valence-corrected chi connectivity index (χ2v) is 9.75. The average molecular weight is 476 g/mol. The van der Waals surface area contributed by atoms with E-state index in [1.807, 2.05) is 51.2 Å². The molecule has 35 heavy (non-hydrogen) atoms. The zero-order valence-electron chi connectivity index (χ0n) is 20.6. The highest BCUT2D eigenvalue weighted by atomic mass is 16.2. The van der Waals surface area contributed by atoms with Crippen LogP contribution in [-0.2, 0) is 11.8 Å². The van der Waals surface area contributed by atoms with E-state index in [-0.39, 0.29) is 29.7 Å². The molecule has 9 heteroatoms. The molecule has 0 unspecified atom stereocenters. The number of aromatic nitrogens is 3. The molecule has 1 saturated carbocycles. The molecule has 1 aliphatic heterocycles. The average Bonchev–Trinajstić information content (AvgIpc) is 3.57. The highest BCUT2D eigenvalue weighted by molar-refractivity contribution is 6.11. The van der Waals surface area contributed by atoms with Gasteiger partial charge in [0.2, 0.25) is 0 Å². The van der Waals surface area contributed by atoms with E-state index < -0.39 is 11.6 Å². The Morgan fingerprint density at radius 1 is 1.06 bits per heavy atom. The molecule has 0 bridgehead atoms. The van der Waals surface area contributed by atoms with Gasteiger partial charge in [-0.2, -0.15) is 0 Å². The third-order valence-corrected chi connectivity index (χ3v) is 7.48. The summed E-state index contributed by atoms with van der Waals surface area (Å²) < 4.78 is 5.17. The van der Waals surface area contributed by atoms with Crippen LogP contribution in [0.15, 0.2) is 41.2 Å². The number of hydrogen-bond donors (Lipinski definition) is 1. The molecule has 1 aromatic carbocycles. The molecule has 2 aliphatic rings. The van der Waals surface area contributed by atoms with Gasteiger partial charge in [0, 0.05) is 24.0 Å². The van der Waals surface area contributed by atoms with Crippen LogP contribution in [-0.4, -0.2) is 48.6 Å². The lowest BCUT2D eigenvalue weighted by atomic mass is 9.96. The number of rotatable bonds is 6. The predicted molar refractivity (Wildman–Crippen MR) is 130 cm³/mol. The van der Waals surface area contributed by atoms with Gasteiger partial charge in [-0.15, -0.1) is 0 Å². The molecule has 1 atom stereocenters. The van der Waals surface area contributed by atoms with Crippen molar-refractivity contribution in [2.24, 2.45) is 13.0 Å². The molecule has 2 fully saturated rings. The van der Waals surface area contributed by atoms with Crippen LogP contribution >= 0.6 is 0 Å². The number of amides is 3. The molecule has 2 aromatic heterocycles. The normalized spacial score (nSPS) is 20.0. The summed E-state index contributed by atoms with van der Waals surface area (Å²) in [7, 11) is 1.82. The summed E-state index contributed by atoms with van der Waals surface area (Å²) in [5, 5.41) is 2.78. The number of nitrogens with one attached hydrogen (secondary N) is 1. The maximum absolute atomic E-state index is 13.5. The second-order valence-electron chi connectivity index (χ2n) is 9.75. The number of urea groups is 1. The quantitative estimate of drug-likeness (QED) is 0.438. The minimum atomic E-state index is -0.933. The highest BCUT2D eigenvalue weighted by Gasteiger charge is 2.56. The van der Waals surface area contributed by atoms with Gasteiger partial charge in [0.25, 0.3) is 11.5 Å². The third-order valence-electron chi connectivity index (χ3n) is 7.48. The van der Waals surface area contributed by atoms with E-state index >= 15 is 0 Å². The van der Waals surface area contributed by atoms with Crippen LogP contribution in [0.4, 0.5) is 4.79 Å². The van der Waals surface area contributed by atoms with E-state index in [0.29, 0.717) is 16.9 Å². The smallest absolute Gasteiger partial charge is 0.323 e. The van der Waals surface area contributed by atoms with Crippen LogP contribution < -0.4 is 10.9 Å². The van der Waals surface area contributed by atoms with E-state index in [1.165, 1.54) is 0 Å². The Morgan fingerprint density at radius 3 is 2.34 bits per heavy atom. The maximum atomic E-state index is 13.5. The van der Waals surface area contributed by atoms with E-state index in [4.69, 9.17) is 0 Å². The zero-order valence-corrected chi connectivity index (χ0v) is 20.6. The molecule has 0 spiro atoms. The Hall–Kier alpha value is -3.88. The zero-order chi connectivity index (χ0) is 25.2. The van der Waals surface area contributed by atoms with E-state index in [0.717, 1.165) is 34.8 Å². The molecule has 1 N–H and O–H groups in total. The number of hydrogen-bond acceptors (Lipinski definition) is 4. The standard InChI is InChI=1S/C26H29N5O4/c1-15-13-20(21(32)14-29-24(34)26(4,18-11-12-18)27-25(29)35)16(2)30(15)22-17(3)28(5)31(23(22)33)19-9-7-6-8-10-19/h6-10,13,18H,11-12,14H2,1-5H3,(H,27,35)/t26-/m1/s1. The van der Waals surface area contributed by atoms with E-state index in [9.17, 15) is 19.2 Å². The molecule has 5 rings (SSSR count). The van der Waals surface area contributed by atoms with Gasteiger partial charge in [0.1, 0.15) is 11.2 Å². The van der Waals surface area contributed by atoms with Crippen LogP contribution in [0.2, 0.25) is 0 Å². The van der Waals surface area contributed by atoms with Gasteiger partial charge in [0.15, 0.2) is 5.78 Å². The van der Waals surface area contributed by atoms with Crippen LogP contribution in [0, 0.1) is 26.7 Å². The number of carbonyl (C=O) groups is 3. The van der Waals surface area contributed by atoms with E-state index in [2.05, 4.69) is 5.32 Å². The number of nitrogens with zero attached hydrogens (tertiary/aromatic N) is 4. The Labute approximate surface area is 202 Å². The Balaban J connectivity index is 1.50. The number of carbonyl (C=O) groups excluding carboxylic acids is 3. The fraction of sp³-hybridized carbons (Fsp3) is 0.385. The number of aryl methyl sites for hydroxylation is 1. The molecule has 1 saturated heterocycles. The number of benzene rings is 1. The molecule has 1 aliphatic carbocycles. The Kier molecular flexibility index (Phi) is 5.12. The van der Waals surface area contributed by atoms with Crippen molar-refractivity contribution in [1.82, 2.24) is 24.1 Å². The van der Waals surface area contributed by atoms with Gasteiger partial charge in [-0.3, -0.25) is 24.0 Å². The van der Waals surface area contributed by atoms with Crippen molar-refractivity contribution in [3.63, 3.8) is 0 Å². The fourth-order valence-electron chi connectivity index (χ4n) is 5.23. The first-order valence-electron chi connectivity index (χ1n) is 11.8. The first-order chi connectivity index (χ1) is 16.6. The minimum Gasteiger partial charge on any atom is -0.323 e. The van der Waals surface area contributed by atoms with Crippen molar-refractivity contribution in [1.29, 1.82) is 0 Å². The van der Waals surface area contributed by atoms with Crippen LogP contribution in [0.3, 0.4) is 0 Å². The summed E-state index contributed by atoms with van der Waals surface area (Å²) in [4.78, 5) is 53.3. The van der Waals surface area contributed by atoms with Gasteiger partial charge in [-0.25, -0.2) is 9.48 Å². The second kappa shape index (κ2) is 7.83. The fourth-order valence-corrected chi connectivity index (χ4v) is 5.23. The molecule has 3 aromatic rings. The molecule has 3 heterocycles. The van der Waals surface area contributed by atoms with E-state index in [1.54, 1.807) is 33.8 Å². The first-order valence-corrected chi connectivity index (χ1v) is 11.8. The van der Waals surface area contributed by atoms with Gasteiger partial charge in [-0.05, 0) is 64.7 Å². The van der Waals surface area contributed by atoms with Gasteiger partial charge in [0.05, 0.1) is 17.9 Å². The number of Topliss-reactive ketones (excluding diaryl/α,β-unsaturated/α-hetero) is 1. The summed E-state index contributed by atoms with van der Waals surface area (Å²) in [6.07, 6.45) is 1.78. The number of imide groups is 1. The SMILES string of the molecule is Cc1cc(C(=O)CN2C(=O)N[C@](C)(C3CC3)C2=O)c(C)n1-c1c(C)n(C)n(-c2ccccc2)c1=O. The van der Waals surface area contributed by atoms with Crippen molar-refractivity contribution in [2.75, 3.05) is 6.54 Å². The van der Waals surface area contributed by atoms with Crippen molar-refractivity contribution in [2.45, 2.75) is 46.1 Å². The van der Waals surface area contributed by atoms with Crippen molar-refractivity contribution in [3.05, 3.63) is 69.4 Å². The lowest BCUT2D eigenvalue weighted by Gasteiger charge is -2.20. The molecule has 0 radical (unpaired) electrons. The summed E-state index contributed by atoms with van der Waals surface area (Å²) in [5.74, 6) is -0.571. The summed E-state index contributed by atoms with van der Waals surface area (Å²) in [6, 6.07) is 10.5. The van der Waals surface area contributed by atoms with Crippen LogP contribution in [0.5, 0.6) is 0 Å². The number of para-hydroxylation sites is 1. The van der Waals surface area contributed by atoms with Crippen LogP contribution in [0.25, 0.3) is 11.4 Å². The van der Waals surface area contributed by atoms with Gasteiger partial charge >= 0.3 is 6.03 Å². The topological polar surface area (TPSA) is 98.3 Å². The molecular formula is C26H29N5O4. The number of ketones is 1. The monoisotopic (exact) mass is 475 g/mol. The first kappa shape index (κ1) is 22.9.